The van der Waals surface area contributed by atoms with Crippen molar-refractivity contribution in [3.63, 3.8) is 0 Å². The maximum atomic E-state index is 12.4. The number of carbonyl (C=O) groups is 2. The van der Waals surface area contributed by atoms with Crippen LogP contribution >= 0.6 is 0 Å². The predicted molar refractivity (Wildman–Crippen MR) is 85.1 cm³/mol. The monoisotopic (exact) mass is 322 g/mol. The fraction of sp³-hybridized carbons (Fsp3) is 0.500. The van der Waals surface area contributed by atoms with Crippen LogP contribution in [0.25, 0.3) is 0 Å². The molecule has 0 spiro atoms. The number of hydrogen-bond acceptors (Lipinski definition) is 5. The summed E-state index contributed by atoms with van der Waals surface area (Å²) >= 11 is 0. The van der Waals surface area contributed by atoms with Crippen LogP contribution in [0.2, 0.25) is 0 Å². The molecule has 0 fully saturated rings. The molecule has 0 aliphatic carbocycles. The van der Waals surface area contributed by atoms with Crippen LogP contribution in [0.15, 0.2) is 18.2 Å². The Morgan fingerprint density at radius 2 is 2.09 bits per heavy atom. The fourth-order valence-corrected chi connectivity index (χ4v) is 2.14. The molecule has 1 aliphatic heterocycles. The molecule has 2 amide bonds. The van der Waals surface area contributed by atoms with Gasteiger partial charge in [0.25, 0.3) is 0 Å². The highest BCUT2D eigenvalue weighted by Crippen LogP contribution is 2.34. The van der Waals surface area contributed by atoms with Crippen LogP contribution < -0.4 is 19.7 Å². The molecule has 0 aromatic heterocycles. The molecule has 0 saturated carbocycles. The second kappa shape index (κ2) is 6.76. The van der Waals surface area contributed by atoms with Crippen LogP contribution in [0, 0.1) is 0 Å². The van der Waals surface area contributed by atoms with Gasteiger partial charge < -0.3 is 24.4 Å². The number of anilines is 1. The molecule has 1 N–H and O–H groups in total. The molecule has 1 aromatic carbocycles. The standard InChI is InChI=1S/C16H22N2O5/c1-16(2,3)23-15(20)17-10-14(19)18-7-8-22-13-9-11(21-4)5-6-12(13)18/h5-6,9H,7-8,10H2,1-4H3,(H,17,20). The highest BCUT2D eigenvalue weighted by molar-refractivity contribution is 5.97. The predicted octanol–water partition coefficient (Wildman–Crippen LogP) is 1.95. The Bertz CT molecular complexity index is 595. The molecule has 23 heavy (non-hydrogen) atoms. The van der Waals surface area contributed by atoms with E-state index in [9.17, 15) is 9.59 Å². The van der Waals surface area contributed by atoms with Crippen LogP contribution in [0.5, 0.6) is 11.5 Å². The number of fused-ring (bicyclic) bond motifs is 1. The zero-order valence-corrected chi connectivity index (χ0v) is 13.8. The van der Waals surface area contributed by atoms with Gasteiger partial charge in [-0.3, -0.25) is 4.79 Å². The summed E-state index contributed by atoms with van der Waals surface area (Å²) in [6.45, 7) is 5.97. The van der Waals surface area contributed by atoms with Crippen molar-refractivity contribution in [3.8, 4) is 11.5 Å². The quantitative estimate of drug-likeness (QED) is 0.920. The van der Waals surface area contributed by atoms with E-state index >= 15 is 0 Å². The highest BCUT2D eigenvalue weighted by Gasteiger charge is 2.25. The van der Waals surface area contributed by atoms with E-state index in [0.717, 1.165) is 0 Å². The van der Waals surface area contributed by atoms with Gasteiger partial charge in [0.15, 0.2) is 0 Å². The molecule has 1 heterocycles. The largest absolute Gasteiger partial charge is 0.497 e. The average Bonchev–Trinajstić information content (AvgIpc) is 2.49. The van der Waals surface area contributed by atoms with Crippen molar-refractivity contribution >= 4 is 17.7 Å². The number of methoxy groups -OCH3 is 1. The second-order valence-electron chi connectivity index (χ2n) is 6.08. The van der Waals surface area contributed by atoms with Crippen molar-refractivity contribution < 1.29 is 23.8 Å². The number of benzene rings is 1. The Labute approximate surface area is 135 Å². The molecule has 1 aliphatic rings. The summed E-state index contributed by atoms with van der Waals surface area (Å²) in [7, 11) is 1.57. The van der Waals surface area contributed by atoms with Crippen molar-refractivity contribution in [2.24, 2.45) is 0 Å². The van der Waals surface area contributed by atoms with Crippen molar-refractivity contribution in [2.45, 2.75) is 26.4 Å². The van der Waals surface area contributed by atoms with Crippen molar-refractivity contribution in [3.05, 3.63) is 18.2 Å². The molecule has 0 atom stereocenters. The lowest BCUT2D eigenvalue weighted by molar-refractivity contribution is -0.118. The molecule has 0 radical (unpaired) electrons. The number of carbonyl (C=O) groups excluding carboxylic acids is 2. The molecule has 0 unspecified atom stereocenters. The maximum absolute atomic E-state index is 12.4. The summed E-state index contributed by atoms with van der Waals surface area (Å²) in [5.74, 6) is 1.01. The van der Waals surface area contributed by atoms with Crippen LogP contribution in [-0.4, -0.2) is 44.4 Å². The molecule has 7 nitrogen and oxygen atoms in total. The Balaban J connectivity index is 2.00. The fourth-order valence-electron chi connectivity index (χ4n) is 2.14. The van der Waals surface area contributed by atoms with Gasteiger partial charge in [-0.25, -0.2) is 4.79 Å². The van der Waals surface area contributed by atoms with E-state index in [0.29, 0.717) is 30.3 Å². The Morgan fingerprint density at radius 1 is 1.35 bits per heavy atom. The summed E-state index contributed by atoms with van der Waals surface area (Å²) in [4.78, 5) is 25.6. The number of hydrogen-bond donors (Lipinski definition) is 1. The van der Waals surface area contributed by atoms with E-state index in [2.05, 4.69) is 5.32 Å². The Morgan fingerprint density at radius 3 is 2.74 bits per heavy atom. The number of amides is 2. The first kappa shape index (κ1) is 16.9. The molecular weight excluding hydrogens is 300 g/mol. The lowest BCUT2D eigenvalue weighted by Gasteiger charge is -2.30. The van der Waals surface area contributed by atoms with Gasteiger partial charge in [0.05, 0.1) is 19.3 Å². The zero-order valence-electron chi connectivity index (χ0n) is 13.8. The van der Waals surface area contributed by atoms with Crippen molar-refractivity contribution in [1.82, 2.24) is 5.32 Å². The third kappa shape index (κ3) is 4.51. The first-order valence-electron chi connectivity index (χ1n) is 7.38. The van der Waals surface area contributed by atoms with Crippen LogP contribution in [0.4, 0.5) is 10.5 Å². The minimum Gasteiger partial charge on any atom is -0.497 e. The molecular formula is C16H22N2O5. The zero-order chi connectivity index (χ0) is 17.0. The number of rotatable bonds is 3. The van der Waals surface area contributed by atoms with E-state index < -0.39 is 11.7 Å². The first-order chi connectivity index (χ1) is 10.8. The van der Waals surface area contributed by atoms with Gasteiger partial charge >= 0.3 is 6.09 Å². The van der Waals surface area contributed by atoms with Gasteiger partial charge in [0.2, 0.25) is 5.91 Å². The van der Waals surface area contributed by atoms with E-state index in [1.54, 1.807) is 51.0 Å². The smallest absolute Gasteiger partial charge is 0.408 e. The van der Waals surface area contributed by atoms with E-state index in [1.807, 2.05) is 0 Å². The number of nitrogens with one attached hydrogen (secondary N) is 1. The topological polar surface area (TPSA) is 77.1 Å². The van der Waals surface area contributed by atoms with E-state index in [4.69, 9.17) is 14.2 Å². The summed E-state index contributed by atoms with van der Waals surface area (Å²) in [6.07, 6.45) is -0.617. The summed E-state index contributed by atoms with van der Waals surface area (Å²) in [5.41, 5.74) is 0.0583. The third-order valence-corrected chi connectivity index (χ3v) is 3.11. The summed E-state index contributed by atoms with van der Waals surface area (Å²) in [6, 6.07) is 5.25. The van der Waals surface area contributed by atoms with Crippen LogP contribution in [-0.2, 0) is 9.53 Å². The Hall–Kier alpha value is -2.44. The normalized spacial score (nSPS) is 13.7. The van der Waals surface area contributed by atoms with Gasteiger partial charge in [-0.1, -0.05) is 0 Å². The van der Waals surface area contributed by atoms with Crippen LogP contribution in [0.1, 0.15) is 20.8 Å². The molecule has 0 bridgehead atoms. The minimum atomic E-state index is -0.617. The van der Waals surface area contributed by atoms with Gasteiger partial charge in [0, 0.05) is 6.07 Å². The molecule has 126 valence electrons. The first-order valence-corrected chi connectivity index (χ1v) is 7.38. The highest BCUT2D eigenvalue weighted by atomic mass is 16.6. The van der Waals surface area contributed by atoms with Gasteiger partial charge in [-0.2, -0.15) is 0 Å². The number of ether oxygens (including phenoxy) is 3. The molecule has 7 heteroatoms. The molecule has 2 rings (SSSR count). The van der Waals surface area contributed by atoms with Crippen molar-refractivity contribution in [1.29, 1.82) is 0 Å². The second-order valence-corrected chi connectivity index (χ2v) is 6.08. The SMILES string of the molecule is COc1ccc2c(c1)OCCN2C(=O)CNC(=O)OC(C)(C)C. The lowest BCUT2D eigenvalue weighted by atomic mass is 10.2. The van der Waals surface area contributed by atoms with E-state index in [-0.39, 0.29) is 12.5 Å². The van der Waals surface area contributed by atoms with Gasteiger partial charge in [-0.15, -0.1) is 0 Å². The molecule has 1 aromatic rings. The average molecular weight is 322 g/mol. The van der Waals surface area contributed by atoms with Crippen LogP contribution in [0.3, 0.4) is 0 Å². The van der Waals surface area contributed by atoms with Crippen molar-refractivity contribution in [2.75, 3.05) is 31.7 Å². The maximum Gasteiger partial charge on any atom is 0.408 e. The molecule has 0 saturated heterocycles. The Kier molecular flexibility index (Phi) is 4.98. The van der Waals surface area contributed by atoms with Gasteiger partial charge in [-0.05, 0) is 32.9 Å². The summed E-state index contributed by atoms with van der Waals surface area (Å²) < 4.78 is 15.8. The van der Waals surface area contributed by atoms with E-state index in [1.165, 1.54) is 0 Å². The number of nitrogens with zero attached hydrogens (tertiary/aromatic N) is 1. The third-order valence-electron chi connectivity index (χ3n) is 3.11. The lowest BCUT2D eigenvalue weighted by Crippen LogP contribution is -2.45. The number of alkyl carbamates (subject to hydrolysis) is 1. The minimum absolute atomic E-state index is 0.139. The summed E-state index contributed by atoms with van der Waals surface area (Å²) in [5, 5.41) is 2.47. The van der Waals surface area contributed by atoms with Gasteiger partial charge in [0.1, 0.15) is 30.3 Å².